The average Bonchev–Trinajstić information content (AvgIpc) is 3.19. The SMILES string of the molecule is c1ccc(N(c2ccccc2)c2ccc3cc(-c4c5ccccc5c(N(c5ccccc5)c5ccccc5)c5ccccc45)ccc3c2)cc1. The summed E-state index contributed by atoms with van der Waals surface area (Å²) in [5, 5.41) is 7.30. The van der Waals surface area contributed by atoms with Crippen molar-refractivity contribution in [2.24, 2.45) is 0 Å². The number of fused-ring (bicyclic) bond motifs is 3. The highest BCUT2D eigenvalue weighted by atomic mass is 15.1. The largest absolute Gasteiger partial charge is 0.310 e. The Balaban J connectivity index is 1.24. The third-order valence-corrected chi connectivity index (χ3v) is 9.55. The van der Waals surface area contributed by atoms with Crippen LogP contribution in [0, 0.1) is 0 Å². The predicted octanol–water partition coefficient (Wildman–Crippen LogP) is 13.8. The molecule has 0 aliphatic heterocycles. The van der Waals surface area contributed by atoms with Crippen LogP contribution in [0.4, 0.5) is 34.1 Å². The fourth-order valence-corrected chi connectivity index (χ4v) is 7.35. The maximum atomic E-state index is 2.40. The molecule has 0 bridgehead atoms. The van der Waals surface area contributed by atoms with E-state index < -0.39 is 0 Å². The second-order valence-corrected chi connectivity index (χ2v) is 12.6. The number of rotatable bonds is 7. The molecular formula is C48H34N2. The summed E-state index contributed by atoms with van der Waals surface area (Å²) in [6.45, 7) is 0. The van der Waals surface area contributed by atoms with E-state index >= 15 is 0 Å². The van der Waals surface area contributed by atoms with E-state index in [0.29, 0.717) is 0 Å². The highest BCUT2D eigenvalue weighted by Gasteiger charge is 2.22. The van der Waals surface area contributed by atoms with E-state index in [2.05, 4.69) is 216 Å². The van der Waals surface area contributed by atoms with Gasteiger partial charge in [0.2, 0.25) is 0 Å². The van der Waals surface area contributed by atoms with Crippen molar-refractivity contribution in [3.05, 3.63) is 206 Å². The van der Waals surface area contributed by atoms with Crippen LogP contribution < -0.4 is 9.80 Å². The lowest BCUT2D eigenvalue weighted by Gasteiger charge is -2.29. The number of hydrogen-bond donors (Lipinski definition) is 0. The molecule has 0 amide bonds. The zero-order chi connectivity index (χ0) is 33.3. The Hall–Kier alpha value is -6.64. The molecule has 0 spiro atoms. The summed E-state index contributed by atoms with van der Waals surface area (Å²) >= 11 is 0. The molecule has 0 unspecified atom stereocenters. The lowest BCUT2D eigenvalue weighted by atomic mass is 9.89. The van der Waals surface area contributed by atoms with Gasteiger partial charge in [0.25, 0.3) is 0 Å². The second kappa shape index (κ2) is 12.8. The predicted molar refractivity (Wildman–Crippen MR) is 214 cm³/mol. The Morgan fingerprint density at radius 2 is 0.640 bits per heavy atom. The molecule has 0 fully saturated rings. The Morgan fingerprint density at radius 1 is 0.260 bits per heavy atom. The van der Waals surface area contributed by atoms with Gasteiger partial charge in [-0.25, -0.2) is 0 Å². The molecule has 236 valence electrons. The van der Waals surface area contributed by atoms with Crippen molar-refractivity contribution < 1.29 is 0 Å². The van der Waals surface area contributed by atoms with Gasteiger partial charge in [-0.05, 0) is 99.4 Å². The molecule has 50 heavy (non-hydrogen) atoms. The fourth-order valence-electron chi connectivity index (χ4n) is 7.35. The number of para-hydroxylation sites is 4. The van der Waals surface area contributed by atoms with Gasteiger partial charge in [-0.1, -0.05) is 140 Å². The quantitative estimate of drug-likeness (QED) is 0.160. The number of hydrogen-bond acceptors (Lipinski definition) is 2. The summed E-state index contributed by atoms with van der Waals surface area (Å²) in [6.07, 6.45) is 0. The molecule has 0 aromatic heterocycles. The molecular weight excluding hydrogens is 605 g/mol. The van der Waals surface area contributed by atoms with Crippen molar-refractivity contribution in [3.63, 3.8) is 0 Å². The molecule has 0 heterocycles. The van der Waals surface area contributed by atoms with Crippen LogP contribution in [0.3, 0.4) is 0 Å². The van der Waals surface area contributed by atoms with Crippen LogP contribution in [0.1, 0.15) is 0 Å². The lowest BCUT2D eigenvalue weighted by molar-refractivity contribution is 1.29. The highest BCUT2D eigenvalue weighted by molar-refractivity contribution is 6.22. The van der Waals surface area contributed by atoms with Gasteiger partial charge in [0.05, 0.1) is 5.69 Å². The number of benzene rings is 9. The van der Waals surface area contributed by atoms with Crippen LogP contribution in [0.5, 0.6) is 0 Å². The first-order chi connectivity index (χ1) is 24.8. The molecule has 0 N–H and O–H groups in total. The van der Waals surface area contributed by atoms with Crippen molar-refractivity contribution in [2.75, 3.05) is 9.80 Å². The summed E-state index contributed by atoms with van der Waals surface area (Å²) in [7, 11) is 0. The first-order valence-corrected chi connectivity index (χ1v) is 17.1. The van der Waals surface area contributed by atoms with Crippen LogP contribution in [-0.4, -0.2) is 0 Å². The third kappa shape index (κ3) is 5.24. The maximum Gasteiger partial charge on any atom is 0.0618 e. The van der Waals surface area contributed by atoms with Crippen molar-refractivity contribution >= 4 is 66.4 Å². The summed E-state index contributed by atoms with van der Waals surface area (Å²) in [4.78, 5) is 4.72. The van der Waals surface area contributed by atoms with Gasteiger partial charge in [-0.15, -0.1) is 0 Å². The first kappa shape index (κ1) is 29.5. The molecule has 9 aromatic rings. The second-order valence-electron chi connectivity index (χ2n) is 12.6. The smallest absolute Gasteiger partial charge is 0.0618 e. The van der Waals surface area contributed by atoms with Crippen molar-refractivity contribution in [3.8, 4) is 11.1 Å². The van der Waals surface area contributed by atoms with E-state index in [0.717, 1.165) is 28.4 Å². The standard InChI is InChI=1S/C48H34N2/c1-5-17-38(18-6-1)49(39-19-7-2-8-20-39)42-32-31-35-33-37(30-29-36(35)34-42)47-43-25-13-15-27-45(43)48(46-28-16-14-26-44(46)47)50(40-21-9-3-10-22-40)41-23-11-4-12-24-41/h1-34H. The molecule has 0 aliphatic carbocycles. The summed E-state index contributed by atoms with van der Waals surface area (Å²) in [5.74, 6) is 0. The zero-order valence-electron chi connectivity index (χ0n) is 27.5. The minimum atomic E-state index is 1.13. The van der Waals surface area contributed by atoms with E-state index in [9.17, 15) is 0 Å². The van der Waals surface area contributed by atoms with Crippen molar-refractivity contribution in [1.29, 1.82) is 0 Å². The third-order valence-electron chi connectivity index (χ3n) is 9.55. The van der Waals surface area contributed by atoms with Gasteiger partial charge in [0.1, 0.15) is 0 Å². The van der Waals surface area contributed by atoms with E-state index in [4.69, 9.17) is 0 Å². The van der Waals surface area contributed by atoms with Gasteiger partial charge in [-0.2, -0.15) is 0 Å². The molecule has 9 rings (SSSR count). The van der Waals surface area contributed by atoms with Crippen molar-refractivity contribution in [2.45, 2.75) is 0 Å². The Labute approximate surface area is 292 Å². The molecule has 9 aromatic carbocycles. The lowest BCUT2D eigenvalue weighted by Crippen LogP contribution is -2.11. The maximum absolute atomic E-state index is 2.40. The summed E-state index contributed by atoms with van der Waals surface area (Å²) in [5.41, 5.74) is 9.29. The van der Waals surface area contributed by atoms with Gasteiger partial charge in [0, 0.05) is 39.2 Å². The number of nitrogens with zero attached hydrogens (tertiary/aromatic N) is 2. The molecule has 0 aliphatic rings. The molecule has 0 radical (unpaired) electrons. The Kier molecular flexibility index (Phi) is 7.53. The average molecular weight is 639 g/mol. The molecule has 2 heteroatoms. The summed E-state index contributed by atoms with van der Waals surface area (Å²) in [6, 6.07) is 74.0. The van der Waals surface area contributed by atoms with Gasteiger partial charge in [-0.3, -0.25) is 0 Å². The van der Waals surface area contributed by atoms with E-state index in [-0.39, 0.29) is 0 Å². The minimum Gasteiger partial charge on any atom is -0.310 e. The van der Waals surface area contributed by atoms with Crippen LogP contribution in [0.15, 0.2) is 206 Å². The first-order valence-electron chi connectivity index (χ1n) is 17.1. The van der Waals surface area contributed by atoms with Gasteiger partial charge >= 0.3 is 0 Å². The van der Waals surface area contributed by atoms with Crippen LogP contribution >= 0.6 is 0 Å². The van der Waals surface area contributed by atoms with Crippen LogP contribution in [-0.2, 0) is 0 Å². The van der Waals surface area contributed by atoms with Gasteiger partial charge < -0.3 is 9.80 Å². The molecule has 0 saturated carbocycles. The fraction of sp³-hybridized carbons (Fsp3) is 0. The minimum absolute atomic E-state index is 1.13. The molecule has 0 atom stereocenters. The van der Waals surface area contributed by atoms with Crippen LogP contribution in [0.25, 0.3) is 43.4 Å². The monoisotopic (exact) mass is 638 g/mol. The van der Waals surface area contributed by atoms with E-state index in [1.54, 1.807) is 0 Å². The number of anilines is 6. The zero-order valence-corrected chi connectivity index (χ0v) is 27.5. The van der Waals surface area contributed by atoms with E-state index in [1.165, 1.54) is 49.1 Å². The molecule has 0 saturated heterocycles. The van der Waals surface area contributed by atoms with Crippen molar-refractivity contribution in [1.82, 2.24) is 0 Å². The topological polar surface area (TPSA) is 6.48 Å². The van der Waals surface area contributed by atoms with Crippen LogP contribution in [0.2, 0.25) is 0 Å². The highest BCUT2D eigenvalue weighted by Crippen LogP contribution is 2.48. The summed E-state index contributed by atoms with van der Waals surface area (Å²) < 4.78 is 0. The van der Waals surface area contributed by atoms with Gasteiger partial charge in [0.15, 0.2) is 0 Å². The van der Waals surface area contributed by atoms with E-state index in [1.807, 2.05) is 0 Å². The Bertz CT molecular complexity index is 2450. The molecule has 2 nitrogen and oxygen atoms in total. The normalized spacial score (nSPS) is 11.2. The Morgan fingerprint density at radius 3 is 1.12 bits per heavy atom.